The lowest BCUT2D eigenvalue weighted by atomic mass is 10.1. The van der Waals surface area contributed by atoms with E-state index in [4.69, 9.17) is 4.74 Å². The maximum Gasteiger partial charge on any atom is 0.343 e. The van der Waals surface area contributed by atoms with Gasteiger partial charge < -0.3 is 4.74 Å². The van der Waals surface area contributed by atoms with Gasteiger partial charge in [-0.3, -0.25) is 4.98 Å². The number of rotatable bonds is 2. The summed E-state index contributed by atoms with van der Waals surface area (Å²) in [5.74, 6) is 0.155. The Morgan fingerprint density at radius 2 is 1.57 bits per heavy atom. The number of carbonyl (C=O) groups is 1. The number of hydrogen-bond donors (Lipinski definition) is 0. The van der Waals surface area contributed by atoms with Crippen LogP contribution < -0.4 is 4.74 Å². The van der Waals surface area contributed by atoms with E-state index in [1.807, 2.05) is 54.6 Å². The van der Waals surface area contributed by atoms with Crippen molar-refractivity contribution in [1.29, 1.82) is 0 Å². The predicted octanol–water partition coefficient (Wildman–Crippen LogP) is 4.61. The van der Waals surface area contributed by atoms with Gasteiger partial charge >= 0.3 is 5.97 Å². The predicted molar refractivity (Wildman–Crippen MR) is 90.6 cm³/mol. The van der Waals surface area contributed by atoms with E-state index in [9.17, 15) is 4.79 Å². The molecule has 3 aromatic carbocycles. The topological polar surface area (TPSA) is 39.2 Å². The molecule has 4 rings (SSSR count). The van der Waals surface area contributed by atoms with Crippen LogP contribution in [0.4, 0.5) is 0 Å². The van der Waals surface area contributed by atoms with Gasteiger partial charge in [-0.05, 0) is 46.5 Å². The third kappa shape index (κ3) is 2.64. The molecule has 0 unspecified atom stereocenters. The van der Waals surface area contributed by atoms with Gasteiger partial charge in [0.2, 0.25) is 0 Å². The first kappa shape index (κ1) is 13.5. The molecule has 3 heteroatoms. The van der Waals surface area contributed by atoms with Gasteiger partial charge in [0.1, 0.15) is 5.75 Å². The lowest BCUT2D eigenvalue weighted by molar-refractivity contribution is 0.0735. The molecule has 1 aromatic heterocycles. The monoisotopic (exact) mass is 299 g/mol. The highest BCUT2D eigenvalue weighted by Gasteiger charge is 2.09. The Kier molecular flexibility index (Phi) is 3.24. The van der Waals surface area contributed by atoms with E-state index in [-0.39, 0.29) is 5.97 Å². The molecule has 3 nitrogen and oxygen atoms in total. The van der Waals surface area contributed by atoms with Crippen LogP contribution in [0.15, 0.2) is 79.1 Å². The van der Waals surface area contributed by atoms with Crippen molar-refractivity contribution in [2.75, 3.05) is 0 Å². The van der Waals surface area contributed by atoms with Crippen LogP contribution in [0.1, 0.15) is 10.4 Å². The van der Waals surface area contributed by atoms with Crippen LogP contribution >= 0.6 is 0 Å². The van der Waals surface area contributed by atoms with Crippen molar-refractivity contribution < 1.29 is 9.53 Å². The maximum atomic E-state index is 12.4. The molecule has 0 aliphatic carbocycles. The molecule has 0 aliphatic rings. The summed E-state index contributed by atoms with van der Waals surface area (Å²) in [5, 5.41) is 4.12. The van der Waals surface area contributed by atoms with Gasteiger partial charge in [-0.15, -0.1) is 0 Å². The fourth-order valence-corrected chi connectivity index (χ4v) is 2.61. The van der Waals surface area contributed by atoms with Gasteiger partial charge in [-0.1, -0.05) is 36.4 Å². The maximum absolute atomic E-state index is 12.4. The summed E-state index contributed by atoms with van der Waals surface area (Å²) in [7, 11) is 0. The summed E-state index contributed by atoms with van der Waals surface area (Å²) in [6.45, 7) is 0. The van der Waals surface area contributed by atoms with Crippen molar-refractivity contribution in [1.82, 2.24) is 4.98 Å². The first-order valence-electron chi connectivity index (χ1n) is 7.34. The number of esters is 1. The molecule has 0 aliphatic heterocycles. The van der Waals surface area contributed by atoms with Gasteiger partial charge in [-0.2, -0.15) is 0 Å². The Balaban J connectivity index is 1.64. The van der Waals surface area contributed by atoms with Crippen LogP contribution in [0.3, 0.4) is 0 Å². The molecule has 0 saturated carbocycles. The van der Waals surface area contributed by atoms with Crippen molar-refractivity contribution in [3.8, 4) is 5.75 Å². The zero-order chi connectivity index (χ0) is 15.6. The molecule has 0 N–H and O–H groups in total. The molecule has 1 heterocycles. The normalized spacial score (nSPS) is 10.8. The number of pyridine rings is 1. The minimum atomic E-state index is -0.362. The first-order valence-corrected chi connectivity index (χ1v) is 7.34. The smallest absolute Gasteiger partial charge is 0.343 e. The summed E-state index contributed by atoms with van der Waals surface area (Å²) in [6.07, 6.45) is 3.49. The molecule has 0 atom stereocenters. The van der Waals surface area contributed by atoms with Crippen LogP contribution in [0.25, 0.3) is 21.5 Å². The average Bonchev–Trinajstić information content (AvgIpc) is 2.61. The van der Waals surface area contributed by atoms with Gasteiger partial charge in [-0.25, -0.2) is 4.79 Å². The standard InChI is InChI=1S/C20H13NO2/c22-20(17-6-5-14-3-1-2-4-16(14)11-17)23-19-8-7-15-9-10-21-13-18(15)12-19/h1-13H. The molecule has 0 bridgehead atoms. The van der Waals surface area contributed by atoms with Crippen molar-refractivity contribution in [2.24, 2.45) is 0 Å². The van der Waals surface area contributed by atoms with E-state index in [1.165, 1.54) is 0 Å². The van der Waals surface area contributed by atoms with Crippen LogP contribution in [-0.2, 0) is 0 Å². The molecule has 0 spiro atoms. The first-order chi connectivity index (χ1) is 11.3. The fourth-order valence-electron chi connectivity index (χ4n) is 2.61. The summed E-state index contributed by atoms with van der Waals surface area (Å²) in [4.78, 5) is 16.4. The molecular weight excluding hydrogens is 286 g/mol. The zero-order valence-corrected chi connectivity index (χ0v) is 12.3. The lowest BCUT2D eigenvalue weighted by Crippen LogP contribution is -2.08. The highest BCUT2D eigenvalue weighted by atomic mass is 16.5. The molecule has 23 heavy (non-hydrogen) atoms. The Morgan fingerprint density at radius 1 is 0.783 bits per heavy atom. The average molecular weight is 299 g/mol. The largest absolute Gasteiger partial charge is 0.423 e. The molecule has 0 fully saturated rings. The third-order valence-corrected chi connectivity index (χ3v) is 3.81. The van der Waals surface area contributed by atoms with Crippen molar-refractivity contribution in [2.45, 2.75) is 0 Å². The minimum absolute atomic E-state index is 0.362. The van der Waals surface area contributed by atoms with Gasteiger partial charge in [0.05, 0.1) is 5.56 Å². The van der Waals surface area contributed by atoms with E-state index >= 15 is 0 Å². The summed E-state index contributed by atoms with van der Waals surface area (Å²) in [5.41, 5.74) is 0.537. The summed E-state index contributed by atoms with van der Waals surface area (Å²) < 4.78 is 5.49. The number of benzene rings is 3. The fraction of sp³-hybridized carbons (Fsp3) is 0. The zero-order valence-electron chi connectivity index (χ0n) is 12.3. The second kappa shape index (κ2) is 5.54. The quantitative estimate of drug-likeness (QED) is 0.401. The van der Waals surface area contributed by atoms with Crippen LogP contribution in [0, 0.1) is 0 Å². The van der Waals surface area contributed by atoms with Crippen molar-refractivity contribution >= 4 is 27.5 Å². The van der Waals surface area contributed by atoms with E-state index in [2.05, 4.69) is 4.98 Å². The van der Waals surface area contributed by atoms with Crippen LogP contribution in [0.2, 0.25) is 0 Å². The van der Waals surface area contributed by atoms with Gasteiger partial charge in [0.25, 0.3) is 0 Å². The number of carbonyl (C=O) groups excluding carboxylic acids is 1. The summed E-state index contributed by atoms with van der Waals surface area (Å²) >= 11 is 0. The van der Waals surface area contributed by atoms with Gasteiger partial charge in [0.15, 0.2) is 0 Å². The van der Waals surface area contributed by atoms with Crippen molar-refractivity contribution in [3.63, 3.8) is 0 Å². The second-order valence-electron chi connectivity index (χ2n) is 5.34. The highest BCUT2D eigenvalue weighted by Crippen LogP contribution is 2.22. The lowest BCUT2D eigenvalue weighted by Gasteiger charge is -2.06. The number of aromatic nitrogens is 1. The van der Waals surface area contributed by atoms with Crippen LogP contribution in [-0.4, -0.2) is 11.0 Å². The Hall–Kier alpha value is -3.20. The highest BCUT2D eigenvalue weighted by molar-refractivity contribution is 5.96. The number of nitrogens with zero attached hydrogens (tertiary/aromatic N) is 1. The van der Waals surface area contributed by atoms with Crippen LogP contribution in [0.5, 0.6) is 5.75 Å². The SMILES string of the molecule is O=C(Oc1ccc2ccncc2c1)c1ccc2ccccc2c1. The summed E-state index contributed by atoms with van der Waals surface area (Å²) in [6, 6.07) is 20.9. The Bertz CT molecular complexity index is 1020. The molecule has 0 saturated heterocycles. The molecule has 110 valence electrons. The Labute approximate surface area is 133 Å². The van der Waals surface area contributed by atoms with E-state index < -0.39 is 0 Å². The van der Waals surface area contributed by atoms with Gasteiger partial charge in [0, 0.05) is 17.8 Å². The molecular formula is C20H13NO2. The molecule has 4 aromatic rings. The van der Waals surface area contributed by atoms with E-state index in [1.54, 1.807) is 24.5 Å². The third-order valence-electron chi connectivity index (χ3n) is 3.81. The number of fused-ring (bicyclic) bond motifs is 2. The van der Waals surface area contributed by atoms with Crippen molar-refractivity contribution in [3.05, 3.63) is 84.7 Å². The number of ether oxygens (including phenoxy) is 1. The molecule has 0 radical (unpaired) electrons. The minimum Gasteiger partial charge on any atom is -0.423 e. The second-order valence-corrected chi connectivity index (χ2v) is 5.34. The molecule has 0 amide bonds. The van der Waals surface area contributed by atoms with E-state index in [0.717, 1.165) is 21.5 Å². The Morgan fingerprint density at radius 3 is 2.48 bits per heavy atom. The number of hydrogen-bond acceptors (Lipinski definition) is 3. The van der Waals surface area contributed by atoms with E-state index in [0.29, 0.717) is 11.3 Å².